The molecule has 0 spiro atoms. The number of rotatable bonds is 2. The Bertz CT molecular complexity index is 2200. The number of benzene rings is 2. The molecule has 4 aliphatic heterocycles. The minimum atomic E-state index is -0.330. The highest BCUT2D eigenvalue weighted by molar-refractivity contribution is 6.08. The van der Waals surface area contributed by atoms with Crippen molar-refractivity contribution in [3.63, 3.8) is 0 Å². The second-order valence-electron chi connectivity index (χ2n) is 13.1. The van der Waals surface area contributed by atoms with E-state index in [1.165, 1.54) is 10.1 Å². The van der Waals surface area contributed by atoms with Crippen LogP contribution in [-0.2, 0) is 0 Å². The number of allylic oxidation sites excluding steroid dienone is 5. The number of aromatic amines is 1. The molecule has 46 heavy (non-hydrogen) atoms. The molecule has 7 heteroatoms. The Hall–Kier alpha value is -5.56. The van der Waals surface area contributed by atoms with Gasteiger partial charge < -0.3 is 20.7 Å². The van der Waals surface area contributed by atoms with Gasteiger partial charge in [-0.05, 0) is 79.2 Å². The fourth-order valence-electron chi connectivity index (χ4n) is 7.12. The highest BCUT2D eigenvalue weighted by atomic mass is 16.3. The molecule has 1 saturated heterocycles. The van der Waals surface area contributed by atoms with Crippen molar-refractivity contribution >= 4 is 22.2 Å². The molecule has 0 aliphatic carbocycles. The lowest BCUT2D eigenvalue weighted by atomic mass is 9.85. The van der Waals surface area contributed by atoms with E-state index >= 15 is 0 Å². The number of hydrogen-bond donors (Lipinski definition) is 2. The minimum Gasteiger partial charge on any atom is -0.603 e. The predicted molar refractivity (Wildman–Crippen MR) is 185 cm³/mol. The van der Waals surface area contributed by atoms with Gasteiger partial charge in [-0.25, -0.2) is 0 Å². The molecule has 2 aromatic heterocycles. The van der Waals surface area contributed by atoms with Crippen molar-refractivity contribution in [2.45, 2.75) is 41.0 Å². The van der Waals surface area contributed by atoms with E-state index in [-0.39, 0.29) is 16.9 Å². The Balaban J connectivity index is 1.47. The van der Waals surface area contributed by atoms with Crippen LogP contribution in [0.25, 0.3) is 32.8 Å². The minimum absolute atomic E-state index is 0.143. The van der Waals surface area contributed by atoms with E-state index in [1.54, 1.807) is 0 Å². The standard InChI is InChI=1S/C39H33N5O2/c1-21-15-22(2)33(23(3)16-21)34-29-14-13-25(41-29)17-24-11-12-26(40-24)18-32-39(4,5)20-31(42-32)35-36-28(19-30(34)43-36)37(45)44(38(35)46)27-9-7-6-8-10-27/h6-19H,20H2,1-5H3,(H2-,40,42,43,45,46). The zero-order valence-corrected chi connectivity index (χ0v) is 26.4. The number of nitrogens with zero attached hydrogens (tertiary/aromatic N) is 4. The van der Waals surface area contributed by atoms with Gasteiger partial charge in [0.2, 0.25) is 5.56 Å². The molecule has 6 heterocycles. The molecule has 7 nitrogen and oxygen atoms in total. The summed E-state index contributed by atoms with van der Waals surface area (Å²) in [6.07, 6.45) is 12.6. The van der Waals surface area contributed by atoms with Gasteiger partial charge >= 0.3 is 5.88 Å². The van der Waals surface area contributed by atoms with Crippen LogP contribution in [0, 0.1) is 38.3 Å². The first-order chi connectivity index (χ1) is 22.1. The molecule has 4 aromatic rings. The first-order valence-corrected chi connectivity index (χ1v) is 15.5. The van der Waals surface area contributed by atoms with Crippen LogP contribution in [0.15, 0.2) is 112 Å². The maximum atomic E-state index is 14.3. The second-order valence-corrected chi connectivity index (χ2v) is 13.1. The Kier molecular flexibility index (Phi) is 6.06. The van der Waals surface area contributed by atoms with Crippen molar-refractivity contribution in [1.29, 1.82) is 0 Å². The number of aromatic nitrogens is 2. The molecule has 8 bridgehead atoms. The van der Waals surface area contributed by atoms with Crippen molar-refractivity contribution in [1.82, 2.24) is 9.55 Å². The summed E-state index contributed by atoms with van der Waals surface area (Å²) in [6.45, 7) is 10.6. The molecular formula is C39H33N5O2. The van der Waals surface area contributed by atoms with Crippen molar-refractivity contribution in [2.75, 3.05) is 0 Å². The molecule has 0 atom stereocenters. The summed E-state index contributed by atoms with van der Waals surface area (Å²) in [7, 11) is 0. The predicted octanol–water partition coefficient (Wildman–Crippen LogP) is 8.66. The van der Waals surface area contributed by atoms with Gasteiger partial charge in [0.15, 0.2) is 11.2 Å². The van der Waals surface area contributed by atoms with Crippen LogP contribution in [0.2, 0.25) is 0 Å². The smallest absolute Gasteiger partial charge is 0.314 e. The summed E-state index contributed by atoms with van der Waals surface area (Å²) >= 11 is 0. The number of para-hydroxylation sites is 1. The third kappa shape index (κ3) is 4.34. The lowest BCUT2D eigenvalue weighted by molar-refractivity contribution is 0.428. The Morgan fingerprint density at radius 3 is 2.52 bits per heavy atom. The number of aromatic hydroxyl groups is 1. The number of fused-ring (bicyclic) bond motifs is 7. The van der Waals surface area contributed by atoms with Gasteiger partial charge in [0.25, 0.3) is 5.56 Å². The van der Waals surface area contributed by atoms with Gasteiger partial charge in [-0.1, -0.05) is 61.5 Å². The summed E-state index contributed by atoms with van der Waals surface area (Å²) in [5.41, 5.74) is 10.4. The molecule has 0 radical (unpaired) electrons. The number of pyridine rings is 1. The van der Waals surface area contributed by atoms with E-state index in [2.05, 4.69) is 51.7 Å². The van der Waals surface area contributed by atoms with Gasteiger partial charge in [-0.3, -0.25) is 4.79 Å². The van der Waals surface area contributed by atoms with Crippen molar-refractivity contribution in [3.8, 4) is 11.6 Å². The number of H-pyrrole nitrogens is 1. The lowest BCUT2D eigenvalue weighted by Gasteiger charge is -2.25. The number of nitrogens with one attached hydrogen (secondary N) is 1. The molecule has 1 fully saturated rings. The molecule has 8 rings (SSSR count). The molecule has 0 saturated carbocycles. The lowest BCUT2D eigenvalue weighted by Crippen LogP contribution is -2.20. The van der Waals surface area contributed by atoms with E-state index in [0.717, 1.165) is 56.8 Å². The van der Waals surface area contributed by atoms with E-state index in [1.807, 2.05) is 72.9 Å². The van der Waals surface area contributed by atoms with Crippen molar-refractivity contribution < 1.29 is 5.11 Å². The molecule has 4 aliphatic rings. The number of aliphatic imine (C=N–C) groups is 1. The van der Waals surface area contributed by atoms with E-state index < -0.39 is 0 Å². The van der Waals surface area contributed by atoms with E-state index in [9.17, 15) is 9.90 Å². The first-order valence-electron chi connectivity index (χ1n) is 15.5. The monoisotopic (exact) mass is 603 g/mol. The highest BCUT2D eigenvalue weighted by Crippen LogP contribution is 2.54. The Labute approximate surface area is 268 Å². The third-order valence-electron chi connectivity index (χ3n) is 9.18. The summed E-state index contributed by atoms with van der Waals surface area (Å²) in [4.78, 5) is 22.8. The van der Waals surface area contributed by atoms with Crippen LogP contribution >= 0.6 is 0 Å². The number of hydrogen-bond acceptors (Lipinski definition) is 3. The Morgan fingerprint density at radius 1 is 1.00 bits per heavy atom. The quantitative estimate of drug-likeness (QED) is 0.224. The fourth-order valence-corrected chi connectivity index (χ4v) is 7.12. The van der Waals surface area contributed by atoms with Crippen molar-refractivity contribution in [2.24, 2.45) is 10.4 Å². The largest absolute Gasteiger partial charge is 0.603 e. The molecular weight excluding hydrogens is 570 g/mol. The van der Waals surface area contributed by atoms with E-state index in [4.69, 9.17) is 15.6 Å². The van der Waals surface area contributed by atoms with Crippen LogP contribution < -0.4 is 5.56 Å². The van der Waals surface area contributed by atoms with Gasteiger partial charge in [0.1, 0.15) is 5.39 Å². The van der Waals surface area contributed by atoms with Crippen LogP contribution in [0.3, 0.4) is 0 Å². The van der Waals surface area contributed by atoms with Crippen molar-refractivity contribution in [3.05, 3.63) is 169 Å². The van der Waals surface area contributed by atoms with Crippen LogP contribution in [0.1, 0.15) is 53.8 Å². The topological polar surface area (TPSA) is 98.6 Å². The summed E-state index contributed by atoms with van der Waals surface area (Å²) in [5, 5.41) is 22.7. The van der Waals surface area contributed by atoms with Gasteiger partial charge in [0.05, 0.1) is 23.2 Å². The average molecular weight is 604 g/mol. The SMILES string of the molecule is Cc1cc(C)c(C2=C3C=C[C+](C=C4C=CC(=N4)C=C4[N-][C+](CC4(C)C)c4c(O)n(-c5ccccc5)c(=O)c5cc2[nH]c45)[N-]3)c(C)c1. The average Bonchev–Trinajstić information content (AvgIpc) is 3.79. The van der Waals surface area contributed by atoms with Gasteiger partial charge in [-0.15, -0.1) is 5.70 Å². The summed E-state index contributed by atoms with van der Waals surface area (Å²) in [6, 6.07) is 17.0. The summed E-state index contributed by atoms with van der Waals surface area (Å²) in [5.74, 6) is -0.143. The fraction of sp³-hybridized carbons (Fsp3) is 0.179. The normalized spacial score (nSPS) is 17.9. The van der Waals surface area contributed by atoms with Gasteiger partial charge in [-0.2, -0.15) is 9.56 Å². The van der Waals surface area contributed by atoms with Crippen LogP contribution in [0.4, 0.5) is 0 Å². The maximum absolute atomic E-state index is 14.3. The molecule has 2 aromatic carbocycles. The molecule has 0 amide bonds. The molecule has 226 valence electrons. The molecule has 2 N–H and O–H groups in total. The highest BCUT2D eigenvalue weighted by Gasteiger charge is 2.38. The van der Waals surface area contributed by atoms with Crippen LogP contribution in [0.5, 0.6) is 5.88 Å². The van der Waals surface area contributed by atoms with Crippen LogP contribution in [-0.4, -0.2) is 20.4 Å². The van der Waals surface area contributed by atoms with E-state index in [0.29, 0.717) is 34.6 Å². The molecule has 0 unspecified atom stereocenters. The number of aryl methyl sites for hydroxylation is 3. The first kappa shape index (κ1) is 28.0. The van der Waals surface area contributed by atoms with Gasteiger partial charge in [0, 0.05) is 30.2 Å². The maximum Gasteiger partial charge on any atom is 0.314 e. The Morgan fingerprint density at radius 2 is 1.76 bits per heavy atom. The zero-order chi connectivity index (χ0) is 31.9. The third-order valence-corrected chi connectivity index (χ3v) is 9.18. The summed E-state index contributed by atoms with van der Waals surface area (Å²) < 4.78 is 1.39. The zero-order valence-electron chi connectivity index (χ0n) is 26.4. The second kappa shape index (κ2) is 9.97.